The number of nitrogens with zero attached hydrogens (tertiary/aromatic N) is 2. The highest BCUT2D eigenvalue weighted by molar-refractivity contribution is 7.99. The molecule has 0 aliphatic rings. The zero-order chi connectivity index (χ0) is 19.9. The molecule has 144 valence electrons. The Bertz CT molecular complexity index is 981. The van der Waals surface area contributed by atoms with Gasteiger partial charge in [-0.2, -0.15) is 0 Å². The lowest BCUT2D eigenvalue weighted by Crippen LogP contribution is -2.07. The molecule has 1 amide bonds. The van der Waals surface area contributed by atoms with Crippen LogP contribution in [0.1, 0.15) is 5.56 Å². The van der Waals surface area contributed by atoms with Crippen molar-refractivity contribution in [3.63, 3.8) is 0 Å². The Morgan fingerprint density at radius 3 is 2.50 bits per heavy atom. The van der Waals surface area contributed by atoms with Gasteiger partial charge in [0.2, 0.25) is 5.91 Å². The number of aromatic nitrogens is 2. The maximum absolute atomic E-state index is 12.2. The number of hydrogen-bond donors (Lipinski definition) is 1. The molecule has 0 aliphatic carbocycles. The number of carbonyl (C=O) groups excluding carboxylic acids is 1. The normalized spacial score (nSPS) is 10.8. The summed E-state index contributed by atoms with van der Waals surface area (Å²) < 4.78 is 12.4. The minimum absolute atomic E-state index is 0.209. The van der Waals surface area contributed by atoms with Gasteiger partial charge in [-0.3, -0.25) is 4.79 Å². The number of anilines is 1. The molecule has 2 aromatic carbocycles. The van der Waals surface area contributed by atoms with Crippen molar-refractivity contribution in [2.45, 2.75) is 10.1 Å². The van der Waals surface area contributed by atoms with E-state index in [4.69, 9.17) is 9.47 Å². The van der Waals surface area contributed by atoms with E-state index in [0.717, 1.165) is 21.3 Å². The summed E-state index contributed by atoms with van der Waals surface area (Å²) in [5, 5.41) is 3.76. The standard InChI is InChI=1S/C21H21N3O3S/c1-24-13-12-22-21(24)28-17-8-6-16(7-9-17)23-20(25)11-5-15-4-10-18(26-2)19(14-15)27-3/h4-14H,1-3H3,(H,23,25)/b11-5+. The molecule has 0 fully saturated rings. The van der Waals surface area contributed by atoms with E-state index in [-0.39, 0.29) is 5.91 Å². The summed E-state index contributed by atoms with van der Waals surface area (Å²) in [5.74, 6) is 1.05. The average molecular weight is 395 g/mol. The molecule has 28 heavy (non-hydrogen) atoms. The number of rotatable bonds is 7. The van der Waals surface area contributed by atoms with Gasteiger partial charge in [0, 0.05) is 36.1 Å². The van der Waals surface area contributed by atoms with Crippen LogP contribution in [-0.4, -0.2) is 29.7 Å². The zero-order valence-electron chi connectivity index (χ0n) is 15.9. The van der Waals surface area contributed by atoms with Gasteiger partial charge in [-0.15, -0.1) is 0 Å². The highest BCUT2D eigenvalue weighted by Crippen LogP contribution is 2.28. The molecular formula is C21H21N3O3S. The van der Waals surface area contributed by atoms with Crippen molar-refractivity contribution in [2.75, 3.05) is 19.5 Å². The maximum Gasteiger partial charge on any atom is 0.248 e. The van der Waals surface area contributed by atoms with Crippen LogP contribution in [0.2, 0.25) is 0 Å². The SMILES string of the molecule is COc1ccc(/C=C/C(=O)Nc2ccc(Sc3nccn3C)cc2)cc1OC. The Labute approximate surface area is 168 Å². The molecule has 7 heteroatoms. The van der Waals surface area contributed by atoms with E-state index in [1.54, 1.807) is 44.3 Å². The minimum atomic E-state index is -0.209. The first kappa shape index (κ1) is 19.6. The van der Waals surface area contributed by atoms with Crippen LogP contribution >= 0.6 is 11.8 Å². The van der Waals surface area contributed by atoms with Crippen molar-refractivity contribution >= 4 is 29.4 Å². The van der Waals surface area contributed by atoms with Crippen LogP contribution in [0.25, 0.3) is 6.08 Å². The molecule has 0 bridgehead atoms. The number of ether oxygens (including phenoxy) is 2. The Hall–Kier alpha value is -3.19. The van der Waals surface area contributed by atoms with Gasteiger partial charge >= 0.3 is 0 Å². The van der Waals surface area contributed by atoms with Crippen LogP contribution in [0.4, 0.5) is 5.69 Å². The number of nitrogens with one attached hydrogen (secondary N) is 1. The van der Waals surface area contributed by atoms with Crippen molar-refractivity contribution in [2.24, 2.45) is 7.05 Å². The third-order valence-corrected chi connectivity index (χ3v) is 5.03. The maximum atomic E-state index is 12.2. The zero-order valence-corrected chi connectivity index (χ0v) is 16.7. The second-order valence-corrected chi connectivity index (χ2v) is 6.92. The van der Waals surface area contributed by atoms with E-state index in [9.17, 15) is 4.79 Å². The summed E-state index contributed by atoms with van der Waals surface area (Å²) >= 11 is 1.57. The van der Waals surface area contributed by atoms with Crippen LogP contribution in [0, 0.1) is 0 Å². The highest BCUT2D eigenvalue weighted by atomic mass is 32.2. The van der Waals surface area contributed by atoms with E-state index < -0.39 is 0 Å². The topological polar surface area (TPSA) is 65.4 Å². The summed E-state index contributed by atoms with van der Waals surface area (Å²) in [6.45, 7) is 0. The predicted molar refractivity (Wildman–Crippen MR) is 111 cm³/mol. The number of aryl methyl sites for hydroxylation is 1. The van der Waals surface area contributed by atoms with E-state index >= 15 is 0 Å². The van der Waals surface area contributed by atoms with Gasteiger partial charge in [0.05, 0.1) is 14.2 Å². The number of amides is 1. The molecule has 1 N–H and O–H groups in total. The van der Waals surface area contributed by atoms with Crippen molar-refractivity contribution in [1.29, 1.82) is 0 Å². The Morgan fingerprint density at radius 2 is 1.86 bits per heavy atom. The quantitative estimate of drug-likeness (QED) is 0.606. The number of carbonyl (C=O) groups is 1. The van der Waals surface area contributed by atoms with Crippen LogP contribution in [-0.2, 0) is 11.8 Å². The monoisotopic (exact) mass is 395 g/mol. The molecule has 0 unspecified atom stereocenters. The van der Waals surface area contributed by atoms with Crippen LogP contribution in [0.5, 0.6) is 11.5 Å². The highest BCUT2D eigenvalue weighted by Gasteiger charge is 2.05. The molecule has 0 atom stereocenters. The second-order valence-electron chi connectivity index (χ2n) is 5.88. The van der Waals surface area contributed by atoms with Crippen LogP contribution < -0.4 is 14.8 Å². The lowest BCUT2D eigenvalue weighted by Gasteiger charge is -2.07. The van der Waals surface area contributed by atoms with Gasteiger partial charge in [0.1, 0.15) is 0 Å². The van der Waals surface area contributed by atoms with Crippen molar-refractivity contribution in [1.82, 2.24) is 9.55 Å². The van der Waals surface area contributed by atoms with Crippen LogP contribution in [0.15, 0.2) is 71.0 Å². The first-order chi connectivity index (χ1) is 13.6. The average Bonchev–Trinajstić information content (AvgIpc) is 3.12. The number of benzene rings is 2. The summed E-state index contributed by atoms with van der Waals surface area (Å²) in [6, 6.07) is 13.1. The molecule has 0 aliphatic heterocycles. The predicted octanol–water partition coefficient (Wildman–Crippen LogP) is 4.24. The van der Waals surface area contributed by atoms with Gasteiger partial charge in [0.25, 0.3) is 0 Å². The first-order valence-electron chi connectivity index (χ1n) is 8.55. The summed E-state index contributed by atoms with van der Waals surface area (Å²) in [7, 11) is 5.11. The molecule has 3 rings (SSSR count). The van der Waals surface area contributed by atoms with E-state index in [0.29, 0.717) is 11.5 Å². The Balaban J connectivity index is 1.60. The smallest absolute Gasteiger partial charge is 0.248 e. The fourth-order valence-electron chi connectivity index (χ4n) is 2.47. The summed E-state index contributed by atoms with van der Waals surface area (Å²) in [4.78, 5) is 17.5. The van der Waals surface area contributed by atoms with Gasteiger partial charge in [0.15, 0.2) is 16.7 Å². The molecule has 0 saturated heterocycles. The lowest BCUT2D eigenvalue weighted by atomic mass is 10.2. The number of hydrogen-bond acceptors (Lipinski definition) is 5. The fourth-order valence-corrected chi connectivity index (χ4v) is 3.28. The van der Waals surface area contributed by atoms with Crippen molar-refractivity contribution in [3.05, 3.63) is 66.5 Å². The van der Waals surface area contributed by atoms with Gasteiger partial charge in [-0.05, 0) is 48.0 Å². The first-order valence-corrected chi connectivity index (χ1v) is 9.37. The fraction of sp³-hybridized carbons (Fsp3) is 0.143. The largest absolute Gasteiger partial charge is 0.493 e. The number of methoxy groups -OCH3 is 2. The molecule has 1 aromatic heterocycles. The Kier molecular flexibility index (Phi) is 6.39. The molecular weight excluding hydrogens is 374 g/mol. The van der Waals surface area contributed by atoms with E-state index in [1.165, 1.54) is 6.08 Å². The third-order valence-electron chi connectivity index (χ3n) is 3.94. The van der Waals surface area contributed by atoms with Crippen LogP contribution in [0.3, 0.4) is 0 Å². The third kappa shape index (κ3) is 4.95. The second kappa shape index (κ2) is 9.14. The van der Waals surface area contributed by atoms with Gasteiger partial charge in [-0.1, -0.05) is 17.8 Å². The summed E-state index contributed by atoms with van der Waals surface area (Å²) in [5.41, 5.74) is 1.57. The molecule has 1 heterocycles. The summed E-state index contributed by atoms with van der Waals surface area (Å²) in [6.07, 6.45) is 6.88. The minimum Gasteiger partial charge on any atom is -0.493 e. The van der Waals surface area contributed by atoms with Gasteiger partial charge in [-0.25, -0.2) is 4.98 Å². The number of imidazole rings is 1. The molecule has 0 radical (unpaired) electrons. The van der Waals surface area contributed by atoms with E-state index in [2.05, 4.69) is 10.3 Å². The molecule has 0 saturated carbocycles. The van der Waals surface area contributed by atoms with E-state index in [1.807, 2.05) is 54.2 Å². The van der Waals surface area contributed by atoms with Gasteiger partial charge < -0.3 is 19.4 Å². The molecule has 6 nitrogen and oxygen atoms in total. The lowest BCUT2D eigenvalue weighted by molar-refractivity contribution is -0.111. The molecule has 3 aromatic rings. The van der Waals surface area contributed by atoms with Crippen molar-refractivity contribution < 1.29 is 14.3 Å². The Morgan fingerprint density at radius 1 is 1.11 bits per heavy atom. The van der Waals surface area contributed by atoms with Crippen molar-refractivity contribution in [3.8, 4) is 11.5 Å². The molecule has 0 spiro atoms.